The van der Waals surface area contributed by atoms with Crippen LogP contribution in [0.5, 0.6) is 0 Å². The van der Waals surface area contributed by atoms with Gasteiger partial charge in [-0.1, -0.05) is 32.0 Å². The number of aryl methyl sites for hydroxylation is 1. The highest BCUT2D eigenvalue weighted by atomic mass is 32.1. The van der Waals surface area contributed by atoms with E-state index in [1.807, 2.05) is 42.7 Å². The summed E-state index contributed by atoms with van der Waals surface area (Å²) in [7, 11) is 1.31. The number of rotatable bonds is 7. The fourth-order valence-corrected chi connectivity index (χ4v) is 4.11. The minimum absolute atomic E-state index is 0.0104. The number of amides is 1. The maximum atomic E-state index is 12.5. The number of nitrogens with zero attached hydrogens (tertiary/aromatic N) is 2. The molecule has 0 aliphatic heterocycles. The van der Waals surface area contributed by atoms with E-state index in [1.165, 1.54) is 25.4 Å². The zero-order valence-electron chi connectivity index (χ0n) is 16.8. The minimum atomic E-state index is -0.513. The number of aromatic nitrogens is 2. The lowest BCUT2D eigenvalue weighted by atomic mass is 10.1. The van der Waals surface area contributed by atoms with E-state index >= 15 is 0 Å². The number of anilines is 1. The van der Waals surface area contributed by atoms with E-state index in [9.17, 15) is 14.4 Å². The molecule has 3 rings (SSSR count). The third-order valence-corrected chi connectivity index (χ3v) is 5.82. The zero-order valence-corrected chi connectivity index (χ0v) is 17.6. The molecule has 0 aliphatic rings. The number of carbonyl (C=O) groups is 3. The molecule has 29 heavy (non-hydrogen) atoms. The molecular weight excluding hydrogens is 390 g/mol. The number of hydrogen-bond acceptors (Lipinski definition) is 6. The minimum Gasteiger partial charge on any atom is -0.464 e. The highest BCUT2D eigenvalue weighted by Gasteiger charge is 2.22. The molecule has 7 nitrogen and oxygen atoms in total. The van der Waals surface area contributed by atoms with Gasteiger partial charge in [0.05, 0.1) is 7.11 Å². The van der Waals surface area contributed by atoms with Crippen LogP contribution in [0.4, 0.5) is 5.13 Å². The van der Waals surface area contributed by atoms with Gasteiger partial charge >= 0.3 is 5.97 Å². The van der Waals surface area contributed by atoms with E-state index in [0.29, 0.717) is 17.2 Å². The second-order valence-electron chi connectivity index (χ2n) is 6.99. The molecule has 0 spiro atoms. The van der Waals surface area contributed by atoms with E-state index < -0.39 is 5.97 Å². The number of esters is 1. The number of methoxy groups -OCH3 is 1. The summed E-state index contributed by atoms with van der Waals surface area (Å²) >= 11 is 1.28. The van der Waals surface area contributed by atoms with E-state index in [1.54, 1.807) is 6.20 Å². The first kappa shape index (κ1) is 20.7. The predicted octanol–water partition coefficient (Wildman–Crippen LogP) is 4.24. The Hall–Kier alpha value is -3.00. The van der Waals surface area contributed by atoms with Crippen molar-refractivity contribution in [2.75, 3.05) is 12.4 Å². The van der Waals surface area contributed by atoms with Gasteiger partial charge in [-0.3, -0.25) is 9.59 Å². The fourth-order valence-electron chi connectivity index (χ4n) is 3.14. The molecule has 0 unspecified atom stereocenters. The van der Waals surface area contributed by atoms with Crippen LogP contribution in [-0.2, 0) is 16.1 Å². The Labute approximate surface area is 172 Å². The summed E-state index contributed by atoms with van der Waals surface area (Å²) < 4.78 is 6.68. The van der Waals surface area contributed by atoms with Crippen LogP contribution < -0.4 is 5.32 Å². The maximum Gasteiger partial charge on any atom is 0.357 e. The lowest BCUT2D eigenvalue weighted by Gasteiger charge is -2.05. The van der Waals surface area contributed by atoms with Crippen LogP contribution in [0.2, 0.25) is 0 Å². The van der Waals surface area contributed by atoms with Crippen molar-refractivity contribution in [3.63, 3.8) is 0 Å². The van der Waals surface area contributed by atoms with Crippen molar-refractivity contribution in [1.29, 1.82) is 0 Å². The van der Waals surface area contributed by atoms with Gasteiger partial charge in [0.25, 0.3) is 0 Å². The molecule has 3 aromatic rings. The molecule has 0 atom stereocenters. The SMILES string of the molecule is COC(=O)c1nc(NC(=O)CCn2cc(C(C)=O)c3ccccc32)sc1C(C)C. The van der Waals surface area contributed by atoms with Gasteiger partial charge in [-0.05, 0) is 18.9 Å². The molecule has 2 aromatic heterocycles. The summed E-state index contributed by atoms with van der Waals surface area (Å²) in [6.07, 6.45) is 2.00. The zero-order chi connectivity index (χ0) is 21.1. The van der Waals surface area contributed by atoms with Gasteiger partial charge in [0.2, 0.25) is 5.91 Å². The van der Waals surface area contributed by atoms with Gasteiger partial charge in [0.15, 0.2) is 16.6 Å². The molecule has 0 bridgehead atoms. The van der Waals surface area contributed by atoms with Crippen LogP contribution in [0.1, 0.15) is 58.8 Å². The van der Waals surface area contributed by atoms with Crippen LogP contribution in [0.15, 0.2) is 30.5 Å². The summed E-state index contributed by atoms with van der Waals surface area (Å²) in [4.78, 5) is 41.3. The summed E-state index contributed by atoms with van der Waals surface area (Å²) in [5.74, 6) is -0.652. The smallest absolute Gasteiger partial charge is 0.357 e. The van der Waals surface area contributed by atoms with Gasteiger partial charge in [0.1, 0.15) is 0 Å². The first-order chi connectivity index (χ1) is 13.8. The molecule has 2 heterocycles. The monoisotopic (exact) mass is 413 g/mol. The van der Waals surface area contributed by atoms with Crippen LogP contribution in [-0.4, -0.2) is 34.3 Å². The number of thiazole rings is 1. The lowest BCUT2D eigenvalue weighted by Crippen LogP contribution is -2.14. The summed E-state index contributed by atoms with van der Waals surface area (Å²) in [6.45, 7) is 5.86. The molecular formula is C21H23N3O4S. The third kappa shape index (κ3) is 4.37. The maximum absolute atomic E-state index is 12.5. The van der Waals surface area contributed by atoms with E-state index in [2.05, 4.69) is 10.3 Å². The van der Waals surface area contributed by atoms with E-state index in [-0.39, 0.29) is 29.7 Å². The van der Waals surface area contributed by atoms with Crippen molar-refractivity contribution >= 4 is 45.0 Å². The van der Waals surface area contributed by atoms with Crippen molar-refractivity contribution < 1.29 is 19.1 Å². The highest BCUT2D eigenvalue weighted by Crippen LogP contribution is 2.30. The molecule has 1 aromatic carbocycles. The molecule has 152 valence electrons. The van der Waals surface area contributed by atoms with E-state index in [0.717, 1.165) is 15.8 Å². The van der Waals surface area contributed by atoms with Crippen molar-refractivity contribution in [2.45, 2.75) is 39.7 Å². The van der Waals surface area contributed by atoms with Crippen molar-refractivity contribution in [3.8, 4) is 0 Å². The highest BCUT2D eigenvalue weighted by molar-refractivity contribution is 7.16. The normalized spacial score (nSPS) is 11.1. The predicted molar refractivity (Wildman–Crippen MR) is 113 cm³/mol. The number of ketones is 1. The largest absolute Gasteiger partial charge is 0.464 e. The Kier molecular flexibility index (Phi) is 6.12. The first-order valence-electron chi connectivity index (χ1n) is 9.29. The molecule has 0 aliphatic carbocycles. The number of carbonyl (C=O) groups excluding carboxylic acids is 3. The second-order valence-corrected chi connectivity index (χ2v) is 8.02. The van der Waals surface area contributed by atoms with Crippen molar-refractivity contribution in [2.24, 2.45) is 0 Å². The number of ether oxygens (including phenoxy) is 1. The molecule has 8 heteroatoms. The number of fused-ring (bicyclic) bond motifs is 1. The molecule has 0 saturated carbocycles. The van der Waals surface area contributed by atoms with Gasteiger partial charge < -0.3 is 14.6 Å². The molecule has 1 N–H and O–H groups in total. The topological polar surface area (TPSA) is 90.3 Å². The Bertz CT molecular complexity index is 1080. The van der Waals surface area contributed by atoms with Gasteiger partial charge in [-0.2, -0.15) is 0 Å². The standard InChI is InChI=1S/C21H23N3O4S/c1-12(2)19-18(20(27)28-4)23-21(29-19)22-17(26)9-10-24-11-15(13(3)25)14-7-5-6-8-16(14)24/h5-8,11-12H,9-10H2,1-4H3,(H,22,23,26). The molecule has 1 amide bonds. The Balaban J connectivity index is 1.74. The van der Waals surface area contributed by atoms with Gasteiger partial charge in [-0.25, -0.2) is 9.78 Å². The summed E-state index contributed by atoms with van der Waals surface area (Å²) in [6, 6.07) is 7.62. The fraction of sp³-hybridized carbons (Fsp3) is 0.333. The lowest BCUT2D eigenvalue weighted by molar-refractivity contribution is -0.116. The number of para-hydroxylation sites is 1. The number of hydrogen-bond donors (Lipinski definition) is 1. The number of benzene rings is 1. The Morgan fingerprint density at radius 2 is 1.97 bits per heavy atom. The second kappa shape index (κ2) is 8.57. The molecule has 0 radical (unpaired) electrons. The van der Waals surface area contributed by atoms with Crippen LogP contribution >= 0.6 is 11.3 Å². The van der Waals surface area contributed by atoms with Crippen LogP contribution in [0.25, 0.3) is 10.9 Å². The Morgan fingerprint density at radius 3 is 2.62 bits per heavy atom. The van der Waals surface area contributed by atoms with Gasteiger partial charge in [-0.15, -0.1) is 11.3 Å². The molecule has 0 fully saturated rings. The van der Waals surface area contributed by atoms with Gasteiger partial charge in [0, 0.05) is 40.5 Å². The Morgan fingerprint density at radius 1 is 1.24 bits per heavy atom. The average Bonchev–Trinajstić information content (AvgIpc) is 3.27. The first-order valence-corrected chi connectivity index (χ1v) is 10.1. The van der Waals surface area contributed by atoms with Crippen molar-refractivity contribution in [3.05, 3.63) is 46.6 Å². The number of Topliss-reactive ketones (excluding diaryl/α,β-unsaturated/α-hetero) is 1. The quantitative estimate of drug-likeness (QED) is 0.462. The number of nitrogens with one attached hydrogen (secondary N) is 1. The summed E-state index contributed by atoms with van der Waals surface area (Å²) in [5.41, 5.74) is 1.80. The van der Waals surface area contributed by atoms with Crippen molar-refractivity contribution in [1.82, 2.24) is 9.55 Å². The van der Waals surface area contributed by atoms with E-state index in [4.69, 9.17) is 4.74 Å². The van der Waals surface area contributed by atoms with Crippen LogP contribution in [0, 0.1) is 0 Å². The molecule has 0 saturated heterocycles. The van der Waals surface area contributed by atoms with Crippen LogP contribution in [0.3, 0.4) is 0 Å². The summed E-state index contributed by atoms with van der Waals surface area (Å²) in [5, 5.41) is 4.02. The average molecular weight is 413 g/mol. The third-order valence-electron chi connectivity index (χ3n) is 4.55.